The maximum Gasteiger partial charge on any atom is 0.466 e. The number of hydrogen-bond acceptors (Lipinski definition) is 5. The number of carboxylic acid groups (broad SMARTS) is 1. The van der Waals surface area contributed by atoms with E-state index in [2.05, 4.69) is 17.9 Å². The zero-order valence-electron chi connectivity index (χ0n) is 9.59. The van der Waals surface area contributed by atoms with Crippen molar-refractivity contribution in [2.24, 2.45) is 5.73 Å². The smallest absolute Gasteiger partial charge is 0.466 e. The molecule has 0 fully saturated rings. The Hall–Kier alpha value is -1.51. The van der Waals surface area contributed by atoms with Gasteiger partial charge < -0.3 is 24.5 Å². The van der Waals surface area contributed by atoms with E-state index in [1.54, 1.807) is 6.92 Å². The zero-order valence-corrected chi connectivity index (χ0v) is 10.5. The molecule has 0 aliphatic carbocycles. The van der Waals surface area contributed by atoms with E-state index in [0.29, 0.717) is 0 Å². The molecule has 0 aromatic rings. The summed E-state index contributed by atoms with van der Waals surface area (Å²) < 4.78 is 13.3. The third-order valence-electron chi connectivity index (χ3n) is 0.643. The summed E-state index contributed by atoms with van der Waals surface area (Å²) >= 11 is 0. The van der Waals surface area contributed by atoms with Gasteiger partial charge >= 0.3 is 19.8 Å². The SMILES string of the molecule is C=CC(=O)O.C=CC(=O)OC(C)N.O=P(O)(O)O. The molecular weight excluding hydrogens is 269 g/mol. The van der Waals surface area contributed by atoms with E-state index < -0.39 is 26.0 Å². The van der Waals surface area contributed by atoms with Crippen molar-refractivity contribution in [3.63, 3.8) is 0 Å². The minimum atomic E-state index is -4.64. The van der Waals surface area contributed by atoms with Crippen molar-refractivity contribution in [3.05, 3.63) is 25.3 Å². The lowest BCUT2D eigenvalue weighted by Crippen LogP contribution is -2.21. The van der Waals surface area contributed by atoms with Crippen LogP contribution in [0.3, 0.4) is 0 Å². The number of carbonyl (C=O) groups is 2. The molecule has 10 heteroatoms. The summed E-state index contributed by atoms with van der Waals surface area (Å²) in [6.45, 7) is 7.72. The minimum absolute atomic E-state index is 0.486. The van der Waals surface area contributed by atoms with E-state index >= 15 is 0 Å². The second kappa shape index (κ2) is 12.0. The first-order valence-electron chi connectivity index (χ1n) is 4.16. The van der Waals surface area contributed by atoms with Gasteiger partial charge in [0.2, 0.25) is 0 Å². The molecule has 0 rings (SSSR count). The fourth-order valence-electron chi connectivity index (χ4n) is 0.231. The van der Waals surface area contributed by atoms with Crippen LogP contribution in [-0.4, -0.2) is 38.0 Å². The highest BCUT2D eigenvalue weighted by Gasteiger charge is 2.00. The maximum absolute atomic E-state index is 10.2. The molecule has 9 nitrogen and oxygen atoms in total. The van der Waals surface area contributed by atoms with E-state index in [4.69, 9.17) is 30.1 Å². The number of phosphoric acid groups is 1. The van der Waals surface area contributed by atoms with Gasteiger partial charge in [0.25, 0.3) is 0 Å². The van der Waals surface area contributed by atoms with Crippen LogP contribution >= 0.6 is 7.82 Å². The molecular formula is C8H16NO8P. The monoisotopic (exact) mass is 285 g/mol. The van der Waals surface area contributed by atoms with Gasteiger partial charge in [-0.3, -0.25) is 5.73 Å². The van der Waals surface area contributed by atoms with Crippen molar-refractivity contribution in [1.82, 2.24) is 0 Å². The Morgan fingerprint density at radius 2 is 1.56 bits per heavy atom. The summed E-state index contributed by atoms with van der Waals surface area (Å²) in [6, 6.07) is 0. The molecule has 0 saturated heterocycles. The molecule has 6 N–H and O–H groups in total. The third kappa shape index (κ3) is 62.6. The van der Waals surface area contributed by atoms with Gasteiger partial charge in [-0.05, 0) is 6.92 Å². The molecule has 0 spiro atoms. The molecule has 0 aromatic carbocycles. The minimum Gasteiger partial charge on any atom is -0.478 e. The molecule has 0 amide bonds. The van der Waals surface area contributed by atoms with Crippen LogP contribution in [0.25, 0.3) is 0 Å². The highest BCUT2D eigenvalue weighted by atomic mass is 31.2. The second-order valence-corrected chi connectivity index (χ2v) is 3.43. The molecule has 0 saturated carbocycles. The van der Waals surface area contributed by atoms with Crippen LogP contribution in [0.15, 0.2) is 25.3 Å². The van der Waals surface area contributed by atoms with Crippen LogP contribution in [0, 0.1) is 0 Å². The van der Waals surface area contributed by atoms with Gasteiger partial charge in [-0.25, -0.2) is 14.2 Å². The molecule has 0 bridgehead atoms. The van der Waals surface area contributed by atoms with Crippen LogP contribution < -0.4 is 5.73 Å². The summed E-state index contributed by atoms with van der Waals surface area (Å²) in [5.41, 5.74) is 5.08. The number of nitrogens with two attached hydrogens (primary N) is 1. The number of hydrogen-bond donors (Lipinski definition) is 5. The van der Waals surface area contributed by atoms with Gasteiger partial charge in [-0.2, -0.15) is 0 Å². The Kier molecular flexibility index (Phi) is 14.4. The van der Waals surface area contributed by atoms with Gasteiger partial charge in [-0.15, -0.1) is 0 Å². The predicted octanol–water partition coefficient (Wildman–Crippen LogP) is -0.651. The molecule has 0 heterocycles. The Bertz CT molecular complexity index is 313. The summed E-state index contributed by atoms with van der Waals surface area (Å²) in [5.74, 6) is -1.47. The standard InChI is InChI=1S/C5H9NO2.C3H4O2.H3O4P/c1-3-5(7)8-4(2)6;1-2-3(4)5;1-5(2,3)4/h3-4H,1,6H2,2H3;2H,1H2,(H,4,5);(H3,1,2,3,4). The molecule has 0 radical (unpaired) electrons. The third-order valence-corrected chi connectivity index (χ3v) is 0.643. The highest BCUT2D eigenvalue weighted by molar-refractivity contribution is 7.45. The number of ether oxygens (including phenoxy) is 1. The summed E-state index contributed by atoms with van der Waals surface area (Å²) in [6.07, 6.45) is 1.36. The van der Waals surface area contributed by atoms with Gasteiger partial charge in [0, 0.05) is 12.2 Å². The lowest BCUT2D eigenvalue weighted by Gasteiger charge is -2.02. The van der Waals surface area contributed by atoms with Crippen LogP contribution in [0.1, 0.15) is 6.92 Å². The first-order chi connectivity index (χ1) is 7.93. The predicted molar refractivity (Wildman–Crippen MR) is 62.0 cm³/mol. The van der Waals surface area contributed by atoms with Crippen molar-refractivity contribution in [3.8, 4) is 0 Å². The topological polar surface area (TPSA) is 167 Å². The van der Waals surface area contributed by atoms with E-state index in [1.807, 2.05) is 0 Å². The first-order valence-corrected chi connectivity index (χ1v) is 5.72. The number of carboxylic acids is 1. The molecule has 1 unspecified atom stereocenters. The van der Waals surface area contributed by atoms with E-state index in [1.165, 1.54) is 0 Å². The molecule has 0 aliphatic rings. The Morgan fingerprint density at radius 1 is 1.28 bits per heavy atom. The average Bonchev–Trinajstić information content (AvgIpc) is 2.15. The number of carbonyl (C=O) groups excluding carboxylic acids is 1. The summed E-state index contributed by atoms with van der Waals surface area (Å²) in [4.78, 5) is 41.0. The van der Waals surface area contributed by atoms with E-state index in [-0.39, 0.29) is 0 Å². The lowest BCUT2D eigenvalue weighted by atomic mass is 10.6. The van der Waals surface area contributed by atoms with Crippen molar-refractivity contribution in [2.75, 3.05) is 0 Å². The number of aliphatic carboxylic acids is 1. The molecule has 0 aliphatic heterocycles. The summed E-state index contributed by atoms with van der Waals surface area (Å²) in [7, 11) is -4.64. The quantitative estimate of drug-likeness (QED) is 0.196. The van der Waals surface area contributed by atoms with Crippen molar-refractivity contribution in [2.45, 2.75) is 13.2 Å². The fraction of sp³-hybridized carbons (Fsp3) is 0.250. The largest absolute Gasteiger partial charge is 0.478 e. The summed E-state index contributed by atoms with van der Waals surface area (Å²) in [5, 5.41) is 7.60. The Morgan fingerprint density at radius 3 is 1.61 bits per heavy atom. The molecule has 18 heavy (non-hydrogen) atoms. The van der Waals surface area contributed by atoms with Crippen LogP contribution in [0.2, 0.25) is 0 Å². The van der Waals surface area contributed by atoms with Crippen LogP contribution in [0.4, 0.5) is 0 Å². The van der Waals surface area contributed by atoms with Crippen LogP contribution in [0.5, 0.6) is 0 Å². The van der Waals surface area contributed by atoms with Crippen molar-refractivity contribution in [1.29, 1.82) is 0 Å². The molecule has 1 atom stereocenters. The molecule has 0 aromatic heterocycles. The van der Waals surface area contributed by atoms with Crippen molar-refractivity contribution >= 4 is 19.8 Å². The zero-order chi connectivity index (χ0) is 15.4. The van der Waals surface area contributed by atoms with Gasteiger partial charge in [0.15, 0.2) is 0 Å². The van der Waals surface area contributed by atoms with Gasteiger partial charge in [0.1, 0.15) is 6.23 Å². The van der Waals surface area contributed by atoms with Crippen molar-refractivity contribution < 1.29 is 38.7 Å². The Labute approximate surface area is 103 Å². The highest BCUT2D eigenvalue weighted by Crippen LogP contribution is 2.25. The van der Waals surface area contributed by atoms with Gasteiger partial charge in [-0.1, -0.05) is 13.2 Å². The average molecular weight is 285 g/mol. The Balaban J connectivity index is -0.000000197. The lowest BCUT2D eigenvalue weighted by molar-refractivity contribution is -0.141. The second-order valence-electron chi connectivity index (χ2n) is 2.40. The number of esters is 1. The van der Waals surface area contributed by atoms with Gasteiger partial charge in [0.05, 0.1) is 0 Å². The van der Waals surface area contributed by atoms with Crippen LogP contribution in [-0.2, 0) is 18.9 Å². The van der Waals surface area contributed by atoms with E-state index in [9.17, 15) is 9.59 Å². The normalized spacial score (nSPS) is 10.5. The maximum atomic E-state index is 10.2. The molecule has 106 valence electrons. The fourth-order valence-corrected chi connectivity index (χ4v) is 0.231. The number of rotatable bonds is 3. The van der Waals surface area contributed by atoms with E-state index in [0.717, 1.165) is 12.2 Å². The first kappa shape index (κ1) is 21.7.